The Morgan fingerprint density at radius 1 is 1.06 bits per heavy atom. The quantitative estimate of drug-likeness (QED) is 0.273. The van der Waals surface area contributed by atoms with Gasteiger partial charge in [0.05, 0.1) is 10.6 Å². The molecule has 0 fully saturated rings. The first kappa shape index (κ1) is 19.7. The summed E-state index contributed by atoms with van der Waals surface area (Å²) < 4.78 is 18.6. The van der Waals surface area contributed by atoms with Crippen LogP contribution in [0.3, 0.4) is 0 Å². The smallest absolute Gasteiger partial charge is 0.260 e. The fraction of sp³-hybridized carbons (Fsp3) is 0.0909. The number of halogens is 1. The van der Waals surface area contributed by atoms with Crippen molar-refractivity contribution in [3.8, 4) is 22.5 Å². The maximum absolute atomic E-state index is 13.2. The summed E-state index contributed by atoms with van der Waals surface area (Å²) in [4.78, 5) is 25.3. The van der Waals surface area contributed by atoms with Crippen LogP contribution in [0.4, 0.5) is 4.39 Å². The molecule has 5 rings (SSSR count). The molecule has 0 saturated carbocycles. The van der Waals surface area contributed by atoms with Gasteiger partial charge in [-0.15, -0.1) is 11.3 Å². The molecule has 0 radical (unpaired) electrons. The molecule has 0 amide bonds. The maximum Gasteiger partial charge on any atom is 0.260 e. The Morgan fingerprint density at radius 2 is 1.84 bits per heavy atom. The Kier molecular flexibility index (Phi) is 5.13. The van der Waals surface area contributed by atoms with Gasteiger partial charge in [-0.3, -0.25) is 4.79 Å². The molecule has 154 valence electrons. The zero-order valence-corrected chi connectivity index (χ0v) is 17.8. The van der Waals surface area contributed by atoms with Gasteiger partial charge in [0.25, 0.3) is 5.56 Å². The van der Waals surface area contributed by atoms with E-state index >= 15 is 0 Å². The largest absolute Gasteiger partial charge is 0.338 e. The molecule has 0 aliphatic rings. The van der Waals surface area contributed by atoms with Gasteiger partial charge in [0.2, 0.25) is 11.7 Å². The lowest BCUT2D eigenvalue weighted by molar-refractivity contribution is 0.380. The first-order valence-corrected chi connectivity index (χ1v) is 11.2. The summed E-state index contributed by atoms with van der Waals surface area (Å²) in [5.74, 6) is 0.645. The highest BCUT2D eigenvalue weighted by Gasteiger charge is 2.19. The van der Waals surface area contributed by atoms with Crippen LogP contribution in [0, 0.1) is 5.82 Å². The third-order valence-electron chi connectivity index (χ3n) is 4.69. The van der Waals surface area contributed by atoms with Gasteiger partial charge in [0, 0.05) is 16.5 Å². The van der Waals surface area contributed by atoms with E-state index in [0.29, 0.717) is 27.1 Å². The Hall–Kier alpha value is -3.30. The fourth-order valence-electron chi connectivity index (χ4n) is 3.15. The van der Waals surface area contributed by atoms with Gasteiger partial charge in [0.1, 0.15) is 10.6 Å². The van der Waals surface area contributed by atoms with Crippen LogP contribution < -0.4 is 5.56 Å². The third-order valence-corrected chi connectivity index (χ3v) is 6.53. The molecule has 3 heterocycles. The number of benzene rings is 2. The van der Waals surface area contributed by atoms with Crippen LogP contribution in [0.5, 0.6) is 0 Å². The van der Waals surface area contributed by atoms with Crippen molar-refractivity contribution >= 4 is 33.3 Å². The van der Waals surface area contributed by atoms with E-state index in [2.05, 4.69) is 20.1 Å². The number of H-pyrrole nitrogens is 1. The lowest BCUT2D eigenvalue weighted by Gasteiger charge is -2.05. The number of nitrogens with one attached hydrogen (secondary N) is 1. The molecule has 6 nitrogen and oxygen atoms in total. The molecule has 2 aromatic carbocycles. The second-order valence-electron chi connectivity index (χ2n) is 6.79. The van der Waals surface area contributed by atoms with Gasteiger partial charge in [-0.05, 0) is 24.6 Å². The van der Waals surface area contributed by atoms with E-state index in [-0.39, 0.29) is 16.6 Å². The number of fused-ring (bicyclic) bond motifs is 1. The number of aromatic nitrogens is 4. The second kappa shape index (κ2) is 8.09. The number of thiophene rings is 1. The Morgan fingerprint density at radius 3 is 2.61 bits per heavy atom. The minimum Gasteiger partial charge on any atom is -0.338 e. The molecule has 0 spiro atoms. The van der Waals surface area contributed by atoms with Crippen molar-refractivity contribution in [3.63, 3.8) is 0 Å². The second-order valence-corrected chi connectivity index (χ2v) is 8.98. The van der Waals surface area contributed by atoms with E-state index in [1.165, 1.54) is 35.2 Å². The highest BCUT2D eigenvalue weighted by molar-refractivity contribution is 7.99. The zero-order chi connectivity index (χ0) is 21.4. The van der Waals surface area contributed by atoms with Crippen molar-refractivity contribution in [2.24, 2.45) is 0 Å². The minimum absolute atomic E-state index is 0.206. The average molecular weight is 451 g/mol. The van der Waals surface area contributed by atoms with Crippen molar-refractivity contribution in [1.82, 2.24) is 20.1 Å². The normalized spacial score (nSPS) is 12.3. The lowest BCUT2D eigenvalue weighted by atomic mass is 10.1. The molecule has 0 aliphatic heterocycles. The summed E-state index contributed by atoms with van der Waals surface area (Å²) in [6, 6.07) is 15.6. The molecule has 0 aliphatic carbocycles. The first-order chi connectivity index (χ1) is 15.1. The number of hydrogen-bond donors (Lipinski definition) is 1. The standard InChI is InChI=1S/C22H15FN4O2S2/c1-12(20-24-18(27-29-20)14-5-3-2-4-6-14)31-22-25-19(28)17-16(11-30-21(17)26-22)13-7-9-15(23)10-8-13/h2-12H,1H3,(H,25,26,28). The summed E-state index contributed by atoms with van der Waals surface area (Å²) in [7, 11) is 0. The van der Waals surface area contributed by atoms with Crippen LogP contribution in [-0.4, -0.2) is 20.1 Å². The van der Waals surface area contributed by atoms with Crippen molar-refractivity contribution < 1.29 is 8.91 Å². The minimum atomic E-state index is -0.320. The van der Waals surface area contributed by atoms with Crippen LogP contribution >= 0.6 is 23.1 Å². The van der Waals surface area contributed by atoms with Gasteiger partial charge in [0.15, 0.2) is 5.16 Å². The third kappa shape index (κ3) is 3.89. The summed E-state index contributed by atoms with van der Waals surface area (Å²) in [6.07, 6.45) is 0. The molecule has 1 unspecified atom stereocenters. The van der Waals surface area contributed by atoms with E-state index in [0.717, 1.165) is 16.7 Å². The van der Waals surface area contributed by atoms with Gasteiger partial charge in [-0.2, -0.15) is 4.98 Å². The summed E-state index contributed by atoms with van der Waals surface area (Å²) in [5.41, 5.74) is 2.14. The van der Waals surface area contributed by atoms with Gasteiger partial charge in [-0.1, -0.05) is 59.4 Å². The molecule has 5 aromatic rings. The average Bonchev–Trinajstić information content (AvgIpc) is 3.43. The molecule has 0 bridgehead atoms. The van der Waals surface area contributed by atoms with E-state index in [1.54, 1.807) is 12.1 Å². The number of aromatic amines is 1. The van der Waals surface area contributed by atoms with Gasteiger partial charge < -0.3 is 9.51 Å². The van der Waals surface area contributed by atoms with E-state index in [1.807, 2.05) is 42.6 Å². The monoisotopic (exact) mass is 450 g/mol. The lowest BCUT2D eigenvalue weighted by Crippen LogP contribution is -2.09. The Bertz CT molecular complexity index is 1410. The predicted octanol–water partition coefficient (Wildman–Crippen LogP) is 5.69. The molecule has 1 N–H and O–H groups in total. The molecule has 1 atom stereocenters. The molecule has 0 saturated heterocycles. The summed E-state index contributed by atoms with van der Waals surface area (Å²) in [5, 5.41) is 6.67. The molecular formula is C22H15FN4O2S2. The van der Waals surface area contributed by atoms with Crippen molar-refractivity contribution in [2.45, 2.75) is 17.3 Å². The molecule has 9 heteroatoms. The van der Waals surface area contributed by atoms with Gasteiger partial charge >= 0.3 is 0 Å². The SMILES string of the molecule is CC(Sc1nc2scc(-c3ccc(F)cc3)c2c(=O)[nH]1)c1nc(-c2ccccc2)no1. The van der Waals surface area contributed by atoms with Gasteiger partial charge in [-0.25, -0.2) is 9.37 Å². The number of hydrogen-bond acceptors (Lipinski definition) is 7. The van der Waals surface area contributed by atoms with Crippen LogP contribution in [-0.2, 0) is 0 Å². The highest BCUT2D eigenvalue weighted by Crippen LogP contribution is 2.35. The fourth-order valence-corrected chi connectivity index (χ4v) is 4.98. The van der Waals surface area contributed by atoms with Crippen LogP contribution in [0.2, 0.25) is 0 Å². The topological polar surface area (TPSA) is 84.7 Å². The Balaban J connectivity index is 1.42. The van der Waals surface area contributed by atoms with Crippen LogP contribution in [0.1, 0.15) is 18.1 Å². The van der Waals surface area contributed by atoms with E-state index in [4.69, 9.17) is 4.52 Å². The summed E-state index contributed by atoms with van der Waals surface area (Å²) in [6.45, 7) is 1.91. The highest BCUT2D eigenvalue weighted by atomic mass is 32.2. The number of thioether (sulfide) groups is 1. The van der Waals surface area contributed by atoms with Crippen LogP contribution in [0.25, 0.3) is 32.7 Å². The first-order valence-electron chi connectivity index (χ1n) is 9.41. The summed E-state index contributed by atoms with van der Waals surface area (Å²) >= 11 is 2.71. The molecule has 3 aromatic heterocycles. The van der Waals surface area contributed by atoms with Crippen molar-refractivity contribution in [1.29, 1.82) is 0 Å². The predicted molar refractivity (Wildman–Crippen MR) is 120 cm³/mol. The molecular weight excluding hydrogens is 435 g/mol. The number of nitrogens with zero attached hydrogens (tertiary/aromatic N) is 3. The Labute approximate surface area is 184 Å². The van der Waals surface area contributed by atoms with E-state index in [9.17, 15) is 9.18 Å². The number of rotatable bonds is 5. The van der Waals surface area contributed by atoms with Crippen molar-refractivity contribution in [2.75, 3.05) is 0 Å². The van der Waals surface area contributed by atoms with Crippen LogP contribution in [0.15, 0.2) is 74.5 Å². The zero-order valence-electron chi connectivity index (χ0n) is 16.2. The van der Waals surface area contributed by atoms with E-state index < -0.39 is 0 Å². The van der Waals surface area contributed by atoms with Crippen molar-refractivity contribution in [3.05, 3.63) is 82.0 Å². The molecule has 31 heavy (non-hydrogen) atoms. The maximum atomic E-state index is 13.2.